The van der Waals surface area contributed by atoms with Crippen molar-refractivity contribution in [2.24, 2.45) is 0 Å². The lowest BCUT2D eigenvalue weighted by Crippen LogP contribution is -2.31. The SMILES string of the molecule is N#[N+]C=C(O)C(c1ccccc1)(c1ccccc1)c1ccccc1. The molecule has 1 N–H and O–H groups in total. The van der Waals surface area contributed by atoms with Gasteiger partial charge in [0.05, 0.1) is 0 Å². The minimum absolute atomic E-state index is 0.0476. The largest absolute Gasteiger partial charge is 0.504 e. The van der Waals surface area contributed by atoms with Crippen molar-refractivity contribution in [3.63, 3.8) is 0 Å². The van der Waals surface area contributed by atoms with Gasteiger partial charge in [0.2, 0.25) is 5.39 Å². The molecule has 3 rings (SSSR count). The van der Waals surface area contributed by atoms with E-state index in [0.29, 0.717) is 0 Å². The van der Waals surface area contributed by atoms with Crippen molar-refractivity contribution in [2.45, 2.75) is 5.41 Å². The van der Waals surface area contributed by atoms with Crippen molar-refractivity contribution in [1.82, 2.24) is 0 Å². The molecular formula is C21H17N2O+. The summed E-state index contributed by atoms with van der Waals surface area (Å²) in [6, 6.07) is 29.1. The molecule has 0 saturated carbocycles. The zero-order valence-electron chi connectivity index (χ0n) is 13.1. The van der Waals surface area contributed by atoms with Crippen LogP contribution in [0.15, 0.2) is 103 Å². The highest BCUT2D eigenvalue weighted by Crippen LogP contribution is 2.44. The van der Waals surface area contributed by atoms with Crippen molar-refractivity contribution in [3.8, 4) is 0 Å². The number of diazo groups is 1. The summed E-state index contributed by atoms with van der Waals surface area (Å²) in [6.45, 7) is 0. The quantitative estimate of drug-likeness (QED) is 0.405. The van der Waals surface area contributed by atoms with Gasteiger partial charge in [-0.25, -0.2) is 0 Å². The predicted octanol–water partition coefficient (Wildman–Crippen LogP) is 5.27. The van der Waals surface area contributed by atoms with E-state index in [4.69, 9.17) is 5.39 Å². The molecule has 0 fully saturated rings. The van der Waals surface area contributed by atoms with Gasteiger partial charge in [0.1, 0.15) is 5.41 Å². The topological polar surface area (TPSA) is 48.4 Å². The number of aliphatic hydroxyl groups excluding tert-OH is 1. The molecule has 0 aliphatic rings. The molecule has 0 radical (unpaired) electrons. The summed E-state index contributed by atoms with van der Waals surface area (Å²) in [5.74, 6) is -0.0476. The van der Waals surface area contributed by atoms with E-state index in [1.165, 1.54) is 0 Å². The van der Waals surface area contributed by atoms with E-state index in [1.807, 2.05) is 91.0 Å². The molecule has 24 heavy (non-hydrogen) atoms. The fraction of sp³-hybridized carbons (Fsp3) is 0.0476. The molecule has 0 heterocycles. The first-order chi connectivity index (χ1) is 11.8. The van der Waals surface area contributed by atoms with Gasteiger partial charge in [0.15, 0.2) is 10.7 Å². The van der Waals surface area contributed by atoms with Gasteiger partial charge in [-0.15, -0.1) is 0 Å². The molecule has 0 unspecified atom stereocenters. The molecule has 3 nitrogen and oxygen atoms in total. The Balaban J connectivity index is 2.43. The van der Waals surface area contributed by atoms with Gasteiger partial charge >= 0.3 is 6.20 Å². The molecule has 0 aliphatic carbocycles. The zero-order valence-corrected chi connectivity index (χ0v) is 13.1. The minimum atomic E-state index is -0.948. The number of nitrogens with zero attached hydrogens (tertiary/aromatic N) is 2. The minimum Gasteiger partial charge on any atom is -0.504 e. The Bertz CT molecular complexity index is 769. The summed E-state index contributed by atoms with van der Waals surface area (Å²) in [7, 11) is 0. The highest BCUT2D eigenvalue weighted by Gasteiger charge is 2.42. The molecule has 0 atom stereocenters. The van der Waals surface area contributed by atoms with Crippen LogP contribution in [0.4, 0.5) is 0 Å². The second-order valence-corrected chi connectivity index (χ2v) is 5.48. The van der Waals surface area contributed by atoms with Crippen LogP contribution in [0.5, 0.6) is 0 Å². The normalized spacial score (nSPS) is 11.7. The predicted molar refractivity (Wildman–Crippen MR) is 95.0 cm³/mol. The Morgan fingerprint density at radius 1 is 0.708 bits per heavy atom. The summed E-state index contributed by atoms with van der Waals surface area (Å²) < 4.78 is 0. The Labute approximate surface area is 141 Å². The van der Waals surface area contributed by atoms with Gasteiger partial charge in [-0.1, -0.05) is 91.0 Å². The second-order valence-electron chi connectivity index (χ2n) is 5.48. The third-order valence-electron chi connectivity index (χ3n) is 4.18. The number of hydrogen-bond acceptors (Lipinski definition) is 2. The van der Waals surface area contributed by atoms with Gasteiger partial charge in [-0.3, -0.25) is 0 Å². The zero-order chi connectivity index (χ0) is 16.8. The molecule has 3 heteroatoms. The van der Waals surface area contributed by atoms with E-state index < -0.39 is 5.41 Å². The summed E-state index contributed by atoms with van der Waals surface area (Å²) in [5, 5.41) is 20.0. The van der Waals surface area contributed by atoms with Crippen LogP contribution in [-0.2, 0) is 5.41 Å². The van der Waals surface area contributed by atoms with Crippen LogP contribution >= 0.6 is 0 Å². The maximum atomic E-state index is 10.9. The van der Waals surface area contributed by atoms with E-state index >= 15 is 0 Å². The third-order valence-corrected chi connectivity index (χ3v) is 4.18. The monoisotopic (exact) mass is 313 g/mol. The Morgan fingerprint density at radius 3 is 1.33 bits per heavy atom. The van der Waals surface area contributed by atoms with E-state index in [9.17, 15) is 5.11 Å². The van der Waals surface area contributed by atoms with Crippen LogP contribution in [0.1, 0.15) is 16.7 Å². The van der Waals surface area contributed by atoms with E-state index in [2.05, 4.69) is 4.98 Å². The van der Waals surface area contributed by atoms with E-state index in [-0.39, 0.29) is 5.76 Å². The van der Waals surface area contributed by atoms with Crippen molar-refractivity contribution in [2.75, 3.05) is 0 Å². The van der Waals surface area contributed by atoms with Crippen molar-refractivity contribution in [3.05, 3.63) is 125 Å². The van der Waals surface area contributed by atoms with Gasteiger partial charge in [-0.2, -0.15) is 0 Å². The fourth-order valence-corrected chi connectivity index (χ4v) is 3.16. The summed E-state index contributed by atoms with van der Waals surface area (Å²) in [4.78, 5) is 3.07. The van der Waals surface area contributed by atoms with Crippen LogP contribution in [0.2, 0.25) is 0 Å². The Kier molecular flexibility index (Phi) is 4.40. The number of aliphatic hydroxyl groups is 1. The first-order valence-corrected chi connectivity index (χ1v) is 7.70. The van der Waals surface area contributed by atoms with Gasteiger partial charge in [0, 0.05) is 0 Å². The highest BCUT2D eigenvalue weighted by molar-refractivity contribution is 5.56. The Hall–Kier alpha value is -3.38. The lowest BCUT2D eigenvalue weighted by Gasteiger charge is -2.33. The molecule has 0 spiro atoms. The molecule has 116 valence electrons. The maximum Gasteiger partial charge on any atom is 0.389 e. The lowest BCUT2D eigenvalue weighted by atomic mass is 9.68. The van der Waals surface area contributed by atoms with Gasteiger partial charge < -0.3 is 5.11 Å². The molecule has 0 bridgehead atoms. The van der Waals surface area contributed by atoms with Gasteiger partial charge in [-0.05, 0) is 16.7 Å². The van der Waals surface area contributed by atoms with Gasteiger partial charge in [0.25, 0.3) is 0 Å². The molecular weight excluding hydrogens is 296 g/mol. The highest BCUT2D eigenvalue weighted by atomic mass is 16.3. The van der Waals surface area contributed by atoms with Crippen molar-refractivity contribution >= 4 is 0 Å². The average Bonchev–Trinajstić information content (AvgIpc) is 2.65. The van der Waals surface area contributed by atoms with Crippen LogP contribution < -0.4 is 0 Å². The molecule has 0 saturated heterocycles. The first-order valence-electron chi connectivity index (χ1n) is 7.70. The molecule has 0 aromatic heterocycles. The van der Waals surface area contributed by atoms with Crippen molar-refractivity contribution < 1.29 is 5.11 Å². The average molecular weight is 313 g/mol. The lowest BCUT2D eigenvalue weighted by molar-refractivity contribution is 0.346. The van der Waals surface area contributed by atoms with Crippen LogP contribution in [-0.4, -0.2) is 5.11 Å². The van der Waals surface area contributed by atoms with E-state index in [0.717, 1.165) is 22.9 Å². The molecule has 0 amide bonds. The third kappa shape index (κ3) is 2.55. The van der Waals surface area contributed by atoms with Crippen molar-refractivity contribution in [1.29, 1.82) is 5.39 Å². The van der Waals surface area contributed by atoms with Crippen LogP contribution in [0.25, 0.3) is 4.98 Å². The smallest absolute Gasteiger partial charge is 0.389 e. The molecule has 3 aromatic carbocycles. The Morgan fingerprint density at radius 2 is 1.04 bits per heavy atom. The number of allylic oxidation sites excluding steroid dienone is 1. The number of hydrogen-bond donors (Lipinski definition) is 1. The maximum absolute atomic E-state index is 10.9. The van der Waals surface area contributed by atoms with Crippen LogP contribution in [0.3, 0.4) is 0 Å². The summed E-state index contributed by atoms with van der Waals surface area (Å²) in [5.41, 5.74) is 1.72. The summed E-state index contributed by atoms with van der Waals surface area (Å²) >= 11 is 0. The second kappa shape index (κ2) is 6.80. The number of rotatable bonds is 4. The molecule has 3 aromatic rings. The molecule has 0 aliphatic heterocycles. The standard InChI is InChI=1S/C21H16N2O/c22-23-16-20(24)21(17-10-4-1-5-11-17,18-12-6-2-7-13-18)19-14-8-3-9-15-19/h1-16H/p+1. The van der Waals surface area contributed by atoms with E-state index in [1.54, 1.807) is 0 Å². The fourth-order valence-electron chi connectivity index (χ4n) is 3.16. The summed E-state index contributed by atoms with van der Waals surface area (Å²) in [6.07, 6.45) is 1.09. The first kappa shape index (κ1) is 15.5. The number of benzene rings is 3. The van der Waals surface area contributed by atoms with Crippen LogP contribution in [0, 0.1) is 5.39 Å².